The van der Waals surface area contributed by atoms with E-state index < -0.39 is 46.9 Å². The average molecular weight is 483 g/mol. The molecule has 1 spiro atoms. The number of carbonyl (C=O) groups excluding carboxylic acids is 4. The summed E-state index contributed by atoms with van der Waals surface area (Å²) in [7, 11) is 2.93. The van der Waals surface area contributed by atoms with Crippen molar-refractivity contribution in [1.29, 1.82) is 0 Å². The first kappa shape index (κ1) is 22.2. The highest BCUT2D eigenvalue weighted by Crippen LogP contribution is 2.57. The maximum Gasteiger partial charge on any atom is 0.241 e. The first-order chi connectivity index (χ1) is 17.4. The number of ether oxygens (including phenoxy) is 3. The lowest BCUT2D eigenvalue weighted by Crippen LogP contribution is -2.51. The van der Waals surface area contributed by atoms with Crippen molar-refractivity contribution in [2.24, 2.45) is 11.8 Å². The van der Waals surface area contributed by atoms with Crippen LogP contribution in [0.15, 0.2) is 72.8 Å². The number of methoxy groups -OCH3 is 2. The molecular formula is C28H21NO7. The number of anilines is 1. The predicted octanol–water partition coefficient (Wildman–Crippen LogP) is 3.40. The Kier molecular flexibility index (Phi) is 4.84. The summed E-state index contributed by atoms with van der Waals surface area (Å²) in [5.74, 6) is -3.99. The zero-order valence-electron chi connectivity index (χ0n) is 19.5. The van der Waals surface area contributed by atoms with E-state index in [0.29, 0.717) is 17.1 Å². The van der Waals surface area contributed by atoms with E-state index in [1.807, 2.05) is 6.07 Å². The Morgan fingerprint density at radius 2 is 1.36 bits per heavy atom. The van der Waals surface area contributed by atoms with Crippen molar-refractivity contribution < 1.29 is 33.4 Å². The van der Waals surface area contributed by atoms with Crippen LogP contribution < -0.4 is 14.4 Å². The Hall–Kier alpha value is -4.30. The summed E-state index contributed by atoms with van der Waals surface area (Å²) < 4.78 is 16.9. The van der Waals surface area contributed by atoms with Crippen LogP contribution in [0.3, 0.4) is 0 Å². The number of benzene rings is 3. The summed E-state index contributed by atoms with van der Waals surface area (Å²) in [5.41, 5.74) is -0.849. The molecule has 0 saturated carbocycles. The lowest BCUT2D eigenvalue weighted by atomic mass is 9.77. The molecule has 1 aliphatic carbocycles. The minimum absolute atomic E-state index is 0.194. The molecule has 2 aliphatic heterocycles. The Balaban J connectivity index is 1.52. The van der Waals surface area contributed by atoms with Crippen LogP contribution >= 0.6 is 0 Å². The van der Waals surface area contributed by atoms with Gasteiger partial charge in [-0.2, -0.15) is 0 Å². The minimum Gasteiger partial charge on any atom is -0.493 e. The molecule has 8 heteroatoms. The van der Waals surface area contributed by atoms with Crippen molar-refractivity contribution >= 4 is 29.1 Å². The third-order valence-electron chi connectivity index (χ3n) is 7.27. The average Bonchev–Trinajstić information content (AvgIpc) is 3.48. The quantitative estimate of drug-likeness (QED) is 0.414. The molecule has 2 amide bonds. The standard InChI is InChI=1S/C28H21NO7/c1-34-19-13-12-16(14-20(19)35-2)29-26(32)21-22(27(29)33)28(36-23(21)15-8-4-3-5-9-15)24(30)17-10-6-7-11-18(17)25(28)31/h3-14,21-23H,1-2H3/t21-,22+,23+/m0/s1. The Labute approximate surface area is 206 Å². The summed E-state index contributed by atoms with van der Waals surface area (Å²) in [6.45, 7) is 0. The third kappa shape index (κ3) is 2.73. The Morgan fingerprint density at radius 3 is 1.97 bits per heavy atom. The molecule has 2 fully saturated rings. The van der Waals surface area contributed by atoms with Gasteiger partial charge in [-0.25, -0.2) is 4.90 Å². The fraction of sp³-hybridized carbons (Fsp3) is 0.214. The smallest absolute Gasteiger partial charge is 0.241 e. The topological polar surface area (TPSA) is 99.2 Å². The van der Waals surface area contributed by atoms with Gasteiger partial charge in [0, 0.05) is 17.2 Å². The third-order valence-corrected chi connectivity index (χ3v) is 7.27. The summed E-state index contributed by atoms with van der Waals surface area (Å²) in [6.07, 6.45) is -0.958. The largest absolute Gasteiger partial charge is 0.493 e. The number of rotatable bonds is 4. The van der Waals surface area contributed by atoms with Crippen LogP contribution in [-0.4, -0.2) is 43.2 Å². The number of amides is 2. The summed E-state index contributed by atoms with van der Waals surface area (Å²) in [4.78, 5) is 56.4. The predicted molar refractivity (Wildman–Crippen MR) is 127 cm³/mol. The van der Waals surface area contributed by atoms with Crippen LogP contribution in [0.2, 0.25) is 0 Å². The van der Waals surface area contributed by atoms with E-state index in [-0.39, 0.29) is 16.8 Å². The van der Waals surface area contributed by atoms with Gasteiger partial charge >= 0.3 is 0 Å². The molecule has 2 heterocycles. The second-order valence-corrected chi connectivity index (χ2v) is 8.94. The van der Waals surface area contributed by atoms with Crippen molar-refractivity contribution in [3.05, 3.63) is 89.5 Å². The molecule has 0 radical (unpaired) electrons. The van der Waals surface area contributed by atoms with Crippen LogP contribution in [0.5, 0.6) is 11.5 Å². The molecule has 3 atom stereocenters. The van der Waals surface area contributed by atoms with Gasteiger partial charge in [-0.1, -0.05) is 54.6 Å². The fourth-order valence-electron chi connectivity index (χ4n) is 5.68. The minimum atomic E-state index is -2.10. The molecule has 8 nitrogen and oxygen atoms in total. The lowest BCUT2D eigenvalue weighted by Gasteiger charge is -2.27. The summed E-state index contributed by atoms with van der Waals surface area (Å²) in [6, 6.07) is 20.0. The maximum atomic E-state index is 14.0. The lowest BCUT2D eigenvalue weighted by molar-refractivity contribution is -0.127. The Morgan fingerprint density at radius 1 is 0.750 bits per heavy atom. The van der Waals surface area contributed by atoms with Crippen LogP contribution in [0.1, 0.15) is 32.4 Å². The number of carbonyl (C=O) groups is 4. The molecule has 0 unspecified atom stereocenters. The molecule has 3 aliphatic rings. The highest BCUT2D eigenvalue weighted by atomic mass is 16.5. The molecule has 3 aromatic rings. The van der Waals surface area contributed by atoms with Crippen LogP contribution in [-0.2, 0) is 14.3 Å². The number of fused-ring (bicyclic) bond motifs is 3. The summed E-state index contributed by atoms with van der Waals surface area (Å²) >= 11 is 0. The van der Waals surface area contributed by atoms with Crippen molar-refractivity contribution in [3.8, 4) is 11.5 Å². The van der Waals surface area contributed by atoms with E-state index in [1.54, 1.807) is 60.7 Å². The molecule has 2 saturated heterocycles. The number of hydrogen-bond donors (Lipinski definition) is 0. The SMILES string of the molecule is COc1ccc(N2C(=O)[C@@H]3[C@@H](c4ccccc4)OC4(C(=O)c5ccccc5C4=O)[C@H]3C2=O)cc1OC. The molecule has 0 bridgehead atoms. The number of Topliss-reactive ketones (excluding diaryl/α,β-unsaturated/α-hetero) is 2. The molecule has 6 rings (SSSR count). The Bertz CT molecular complexity index is 1410. The van der Waals surface area contributed by atoms with Gasteiger partial charge in [0.1, 0.15) is 0 Å². The number of ketones is 2. The van der Waals surface area contributed by atoms with Crippen molar-refractivity contribution in [2.45, 2.75) is 11.7 Å². The van der Waals surface area contributed by atoms with Gasteiger partial charge in [-0.05, 0) is 17.7 Å². The van der Waals surface area contributed by atoms with Crippen molar-refractivity contribution in [3.63, 3.8) is 0 Å². The summed E-state index contributed by atoms with van der Waals surface area (Å²) in [5, 5.41) is 0. The first-order valence-electron chi connectivity index (χ1n) is 11.4. The van der Waals surface area contributed by atoms with Crippen LogP contribution in [0.25, 0.3) is 0 Å². The molecule has 0 N–H and O–H groups in total. The van der Waals surface area contributed by atoms with Crippen molar-refractivity contribution in [1.82, 2.24) is 0 Å². The molecular weight excluding hydrogens is 462 g/mol. The monoisotopic (exact) mass is 483 g/mol. The van der Waals surface area contributed by atoms with E-state index in [0.717, 1.165) is 4.90 Å². The van der Waals surface area contributed by atoms with Gasteiger partial charge in [-0.3, -0.25) is 19.2 Å². The van der Waals surface area contributed by atoms with Gasteiger partial charge in [0.2, 0.25) is 29.0 Å². The van der Waals surface area contributed by atoms with E-state index in [2.05, 4.69) is 0 Å². The number of hydrogen-bond acceptors (Lipinski definition) is 7. The molecule has 0 aromatic heterocycles. The van der Waals surface area contributed by atoms with Crippen LogP contribution in [0.4, 0.5) is 5.69 Å². The van der Waals surface area contributed by atoms with E-state index >= 15 is 0 Å². The van der Waals surface area contributed by atoms with Gasteiger partial charge in [0.15, 0.2) is 11.5 Å². The maximum absolute atomic E-state index is 14.0. The number of imide groups is 1. The van der Waals surface area contributed by atoms with E-state index in [9.17, 15) is 19.2 Å². The van der Waals surface area contributed by atoms with Gasteiger partial charge in [0.05, 0.1) is 37.8 Å². The van der Waals surface area contributed by atoms with E-state index in [1.165, 1.54) is 20.3 Å². The normalized spacial score (nSPS) is 23.8. The van der Waals surface area contributed by atoms with Crippen LogP contribution in [0, 0.1) is 11.8 Å². The van der Waals surface area contributed by atoms with Gasteiger partial charge in [-0.15, -0.1) is 0 Å². The second kappa shape index (κ2) is 7.86. The fourth-order valence-corrected chi connectivity index (χ4v) is 5.68. The molecule has 180 valence electrons. The second-order valence-electron chi connectivity index (χ2n) is 8.94. The highest BCUT2D eigenvalue weighted by Gasteiger charge is 2.74. The number of nitrogens with zero attached hydrogens (tertiary/aromatic N) is 1. The zero-order chi connectivity index (χ0) is 25.2. The molecule has 36 heavy (non-hydrogen) atoms. The molecule has 3 aromatic carbocycles. The van der Waals surface area contributed by atoms with Crippen molar-refractivity contribution in [2.75, 3.05) is 19.1 Å². The highest BCUT2D eigenvalue weighted by molar-refractivity contribution is 6.37. The first-order valence-corrected chi connectivity index (χ1v) is 11.4. The van der Waals surface area contributed by atoms with Gasteiger partial charge in [0.25, 0.3) is 0 Å². The van der Waals surface area contributed by atoms with Gasteiger partial charge < -0.3 is 14.2 Å². The van der Waals surface area contributed by atoms with E-state index in [4.69, 9.17) is 14.2 Å². The zero-order valence-corrected chi connectivity index (χ0v) is 19.5.